The van der Waals surface area contributed by atoms with Crippen molar-refractivity contribution in [2.75, 3.05) is 5.32 Å². The van der Waals surface area contributed by atoms with Crippen LogP contribution in [0.15, 0.2) is 19.0 Å². The molecule has 4 heteroatoms. The maximum absolute atomic E-state index is 6.92. The van der Waals surface area contributed by atoms with Gasteiger partial charge in [0, 0.05) is 6.21 Å². The number of nitrogens with zero attached hydrogens (tertiary/aromatic N) is 1. The molecule has 1 aromatic rings. The first-order valence-corrected chi connectivity index (χ1v) is 2.79. The molecule has 0 amide bonds. The lowest BCUT2D eigenvalue weighted by atomic mass is 10.3. The molecule has 10 heavy (non-hydrogen) atoms. The van der Waals surface area contributed by atoms with Crippen LogP contribution in [0, 0.1) is 5.41 Å². The van der Waals surface area contributed by atoms with Crippen molar-refractivity contribution in [2.45, 2.75) is 0 Å². The van der Waals surface area contributed by atoms with Crippen LogP contribution in [0.1, 0.15) is 5.56 Å². The standard InChI is InChI=1S/C6H8N4/c1-2-8-6-5(3-7)4-9-10-6/h2-4,7H,1H2,(H2,8,9,10). The van der Waals surface area contributed by atoms with E-state index in [0.29, 0.717) is 5.82 Å². The van der Waals surface area contributed by atoms with Crippen LogP contribution >= 0.6 is 0 Å². The Morgan fingerprint density at radius 3 is 3.20 bits per heavy atom. The Balaban J connectivity index is 2.89. The summed E-state index contributed by atoms with van der Waals surface area (Å²) < 4.78 is 0. The summed E-state index contributed by atoms with van der Waals surface area (Å²) in [6.07, 6.45) is 4.31. The van der Waals surface area contributed by atoms with Crippen LogP contribution < -0.4 is 5.32 Å². The van der Waals surface area contributed by atoms with Crippen molar-refractivity contribution in [3.63, 3.8) is 0 Å². The number of nitrogens with one attached hydrogen (secondary N) is 3. The molecule has 0 fully saturated rings. The molecule has 1 rings (SSSR count). The minimum Gasteiger partial charge on any atom is -0.347 e. The van der Waals surface area contributed by atoms with Crippen molar-refractivity contribution in [1.29, 1.82) is 5.41 Å². The van der Waals surface area contributed by atoms with Crippen molar-refractivity contribution in [2.24, 2.45) is 0 Å². The fraction of sp³-hybridized carbons (Fsp3) is 0. The smallest absolute Gasteiger partial charge is 0.134 e. The van der Waals surface area contributed by atoms with Gasteiger partial charge in [0.25, 0.3) is 0 Å². The summed E-state index contributed by atoms with van der Waals surface area (Å²) in [4.78, 5) is 0. The van der Waals surface area contributed by atoms with Gasteiger partial charge in [0.05, 0.1) is 11.8 Å². The molecule has 0 aliphatic rings. The van der Waals surface area contributed by atoms with E-state index in [1.165, 1.54) is 12.4 Å². The lowest BCUT2D eigenvalue weighted by Crippen LogP contribution is -1.89. The number of hydrogen-bond donors (Lipinski definition) is 3. The fourth-order valence-corrected chi connectivity index (χ4v) is 0.623. The highest BCUT2D eigenvalue weighted by Gasteiger charge is 1.96. The van der Waals surface area contributed by atoms with E-state index in [2.05, 4.69) is 22.1 Å². The zero-order chi connectivity index (χ0) is 7.40. The highest BCUT2D eigenvalue weighted by molar-refractivity contribution is 5.83. The van der Waals surface area contributed by atoms with E-state index in [1.807, 2.05) is 0 Å². The zero-order valence-corrected chi connectivity index (χ0v) is 5.39. The molecule has 52 valence electrons. The van der Waals surface area contributed by atoms with E-state index in [0.717, 1.165) is 5.56 Å². The van der Waals surface area contributed by atoms with Gasteiger partial charge in [0.15, 0.2) is 0 Å². The topological polar surface area (TPSA) is 64.6 Å². The van der Waals surface area contributed by atoms with Crippen molar-refractivity contribution in [3.8, 4) is 0 Å². The van der Waals surface area contributed by atoms with E-state index < -0.39 is 0 Å². The summed E-state index contributed by atoms with van der Waals surface area (Å²) in [5.41, 5.74) is 0.722. The van der Waals surface area contributed by atoms with Gasteiger partial charge in [0.2, 0.25) is 0 Å². The predicted molar refractivity (Wildman–Crippen MR) is 40.3 cm³/mol. The monoisotopic (exact) mass is 136 g/mol. The number of H-pyrrole nitrogens is 1. The minimum absolute atomic E-state index is 0.699. The van der Waals surface area contributed by atoms with Crippen molar-refractivity contribution < 1.29 is 0 Å². The highest BCUT2D eigenvalue weighted by atomic mass is 15.2. The minimum atomic E-state index is 0.699. The van der Waals surface area contributed by atoms with Crippen LogP contribution in [0.4, 0.5) is 5.82 Å². The average molecular weight is 136 g/mol. The molecule has 0 saturated carbocycles. The molecule has 0 aliphatic carbocycles. The van der Waals surface area contributed by atoms with Crippen molar-refractivity contribution in [1.82, 2.24) is 10.2 Å². The van der Waals surface area contributed by atoms with Gasteiger partial charge in [-0.2, -0.15) is 5.10 Å². The van der Waals surface area contributed by atoms with E-state index in [1.54, 1.807) is 6.20 Å². The van der Waals surface area contributed by atoms with Crippen LogP contribution in [-0.2, 0) is 0 Å². The number of anilines is 1. The Bertz CT molecular complexity index is 238. The maximum atomic E-state index is 6.92. The first-order valence-electron chi connectivity index (χ1n) is 2.79. The molecule has 0 bridgehead atoms. The molecule has 3 N–H and O–H groups in total. The van der Waals surface area contributed by atoms with Gasteiger partial charge in [-0.15, -0.1) is 0 Å². The second-order valence-electron chi connectivity index (χ2n) is 1.69. The second kappa shape index (κ2) is 2.82. The summed E-state index contributed by atoms with van der Waals surface area (Å²) >= 11 is 0. The molecule has 0 unspecified atom stereocenters. The van der Waals surface area contributed by atoms with E-state index in [-0.39, 0.29) is 0 Å². The third kappa shape index (κ3) is 1.05. The zero-order valence-electron chi connectivity index (χ0n) is 5.39. The van der Waals surface area contributed by atoms with Crippen LogP contribution in [0.3, 0.4) is 0 Å². The summed E-state index contributed by atoms with van der Waals surface area (Å²) in [5.74, 6) is 0.699. The third-order valence-corrected chi connectivity index (χ3v) is 1.07. The maximum Gasteiger partial charge on any atom is 0.134 e. The molecule has 0 aromatic carbocycles. The number of aromatic nitrogens is 2. The average Bonchev–Trinajstić information content (AvgIpc) is 2.36. The number of aromatic amines is 1. The third-order valence-electron chi connectivity index (χ3n) is 1.07. The summed E-state index contributed by atoms with van der Waals surface area (Å²) in [5, 5.41) is 16.1. The Morgan fingerprint density at radius 2 is 2.60 bits per heavy atom. The molecule has 0 spiro atoms. The van der Waals surface area contributed by atoms with Crippen LogP contribution in [0.25, 0.3) is 0 Å². The summed E-state index contributed by atoms with van der Waals surface area (Å²) in [6, 6.07) is 0. The van der Waals surface area contributed by atoms with E-state index in [9.17, 15) is 0 Å². The molecule has 0 radical (unpaired) electrons. The van der Waals surface area contributed by atoms with Crippen molar-refractivity contribution >= 4 is 12.0 Å². The molecular weight excluding hydrogens is 128 g/mol. The summed E-state index contributed by atoms with van der Waals surface area (Å²) in [6.45, 7) is 3.48. The number of rotatable bonds is 3. The van der Waals surface area contributed by atoms with Gasteiger partial charge < -0.3 is 10.7 Å². The molecule has 0 atom stereocenters. The van der Waals surface area contributed by atoms with Gasteiger partial charge in [-0.3, -0.25) is 5.10 Å². The molecule has 0 saturated heterocycles. The second-order valence-corrected chi connectivity index (χ2v) is 1.69. The number of hydrogen-bond acceptors (Lipinski definition) is 3. The van der Waals surface area contributed by atoms with Gasteiger partial charge in [-0.25, -0.2) is 0 Å². The highest BCUT2D eigenvalue weighted by Crippen LogP contribution is 2.06. The quantitative estimate of drug-likeness (QED) is 0.542. The molecular formula is C6H8N4. The lowest BCUT2D eigenvalue weighted by Gasteiger charge is -1.93. The fourth-order valence-electron chi connectivity index (χ4n) is 0.623. The lowest BCUT2D eigenvalue weighted by molar-refractivity contribution is 1.09. The molecule has 1 heterocycles. The van der Waals surface area contributed by atoms with Gasteiger partial charge in [-0.1, -0.05) is 6.58 Å². The molecule has 0 aliphatic heterocycles. The largest absolute Gasteiger partial charge is 0.347 e. The predicted octanol–water partition coefficient (Wildman–Crippen LogP) is 0.963. The first kappa shape index (κ1) is 6.54. The van der Waals surface area contributed by atoms with Gasteiger partial charge >= 0.3 is 0 Å². The van der Waals surface area contributed by atoms with Crippen molar-refractivity contribution in [3.05, 3.63) is 24.5 Å². The normalized spacial score (nSPS) is 8.80. The Kier molecular flexibility index (Phi) is 1.84. The van der Waals surface area contributed by atoms with E-state index in [4.69, 9.17) is 5.41 Å². The van der Waals surface area contributed by atoms with E-state index >= 15 is 0 Å². The van der Waals surface area contributed by atoms with Gasteiger partial charge in [-0.05, 0) is 6.20 Å². The Morgan fingerprint density at radius 1 is 1.80 bits per heavy atom. The van der Waals surface area contributed by atoms with Crippen LogP contribution in [-0.4, -0.2) is 16.4 Å². The van der Waals surface area contributed by atoms with Crippen LogP contribution in [0.5, 0.6) is 0 Å². The first-order chi connectivity index (χ1) is 4.88. The van der Waals surface area contributed by atoms with Gasteiger partial charge in [0.1, 0.15) is 5.82 Å². The molecule has 1 aromatic heterocycles. The SMILES string of the molecule is C=CNc1[nH]ncc1C=N. The Labute approximate surface area is 58.5 Å². The summed E-state index contributed by atoms with van der Waals surface area (Å²) in [7, 11) is 0. The van der Waals surface area contributed by atoms with Crippen LogP contribution in [0.2, 0.25) is 0 Å². The molecule has 4 nitrogen and oxygen atoms in total. The Hall–Kier alpha value is -1.58.